The van der Waals surface area contributed by atoms with Crippen molar-refractivity contribution >= 4 is 0 Å². The molecule has 0 aromatic heterocycles. The Hall–Kier alpha value is -0.990. The summed E-state index contributed by atoms with van der Waals surface area (Å²) < 4.78 is 11.7. The van der Waals surface area contributed by atoms with Gasteiger partial charge < -0.3 is 4.84 Å². The Labute approximate surface area is 40.2 Å². The summed E-state index contributed by atoms with van der Waals surface area (Å²) in [5, 5.41) is 0. The topological polar surface area (TPSA) is 21.3 Å². The van der Waals surface area contributed by atoms with Crippen molar-refractivity contribution in [1.29, 1.82) is 0 Å². The average molecular weight is 101 g/mol. The van der Waals surface area contributed by atoms with E-state index in [1.54, 1.807) is 0 Å². The molecule has 3 heteroatoms. The van der Waals surface area contributed by atoms with Gasteiger partial charge in [0.05, 0.1) is 0 Å². The van der Waals surface area contributed by atoms with Gasteiger partial charge in [-0.3, -0.25) is 0 Å². The van der Waals surface area contributed by atoms with Gasteiger partial charge in [-0.15, -0.1) is 0 Å². The van der Waals surface area contributed by atoms with Gasteiger partial charge in [0.2, 0.25) is 0 Å². The van der Waals surface area contributed by atoms with Crippen molar-refractivity contribution in [3.8, 4) is 0 Å². The Balaban J connectivity index is 2.57. The Kier molecular flexibility index (Phi) is 0.978. The van der Waals surface area contributed by atoms with Gasteiger partial charge in [0.25, 0.3) is 0 Å². The SMILES string of the molecule is FC1=CC=CNO1. The lowest BCUT2D eigenvalue weighted by atomic mass is 10.6. The van der Waals surface area contributed by atoms with Gasteiger partial charge in [-0.2, -0.15) is 4.39 Å². The van der Waals surface area contributed by atoms with Crippen LogP contribution in [0.5, 0.6) is 0 Å². The Bertz CT molecular complexity index is 119. The molecule has 0 atom stereocenters. The summed E-state index contributed by atoms with van der Waals surface area (Å²) in [6.45, 7) is 0. The van der Waals surface area contributed by atoms with Crippen LogP contribution in [0.25, 0.3) is 0 Å². The van der Waals surface area contributed by atoms with E-state index in [1.165, 1.54) is 18.4 Å². The molecule has 0 radical (unpaired) electrons. The third kappa shape index (κ3) is 0.924. The predicted octanol–water partition coefficient (Wildman–Crippen LogP) is 0.846. The molecule has 1 rings (SSSR count). The van der Waals surface area contributed by atoms with E-state index in [9.17, 15) is 4.39 Å². The summed E-state index contributed by atoms with van der Waals surface area (Å²) in [7, 11) is 0. The largest absolute Gasteiger partial charge is 0.352 e. The van der Waals surface area contributed by atoms with Crippen molar-refractivity contribution in [3.05, 3.63) is 24.4 Å². The third-order valence-electron chi connectivity index (χ3n) is 0.548. The summed E-state index contributed by atoms with van der Waals surface area (Å²) >= 11 is 0. The molecule has 0 saturated heterocycles. The van der Waals surface area contributed by atoms with E-state index >= 15 is 0 Å². The second-order valence-electron chi connectivity index (χ2n) is 1.05. The second kappa shape index (κ2) is 1.64. The summed E-state index contributed by atoms with van der Waals surface area (Å²) in [5.41, 5.74) is 2.21. The van der Waals surface area contributed by atoms with Crippen molar-refractivity contribution < 1.29 is 9.23 Å². The zero-order chi connectivity index (χ0) is 5.11. The minimum Gasteiger partial charge on any atom is -0.352 e. The fourth-order valence-electron chi connectivity index (χ4n) is 0.287. The molecular formula is C4H4FNO. The van der Waals surface area contributed by atoms with E-state index in [2.05, 4.69) is 10.3 Å². The minimum absolute atomic E-state index is 0.609. The maximum atomic E-state index is 11.7. The summed E-state index contributed by atoms with van der Waals surface area (Å²) in [5.74, 6) is 0. The number of hydrogen-bond acceptors (Lipinski definition) is 2. The average Bonchev–Trinajstić information content (AvgIpc) is 1.69. The molecule has 0 aliphatic carbocycles. The van der Waals surface area contributed by atoms with Crippen LogP contribution in [-0.4, -0.2) is 0 Å². The predicted molar refractivity (Wildman–Crippen MR) is 22.6 cm³/mol. The van der Waals surface area contributed by atoms with Gasteiger partial charge in [0, 0.05) is 12.3 Å². The standard InChI is InChI=1S/C4H4FNO/c5-4-2-1-3-6-7-4/h1-3,6H. The normalized spacial score (nSPS) is 17.0. The van der Waals surface area contributed by atoms with Crippen molar-refractivity contribution in [2.24, 2.45) is 0 Å². The lowest BCUT2D eigenvalue weighted by Crippen LogP contribution is -2.05. The molecule has 0 spiro atoms. The van der Waals surface area contributed by atoms with Crippen LogP contribution in [0.3, 0.4) is 0 Å². The van der Waals surface area contributed by atoms with Crippen molar-refractivity contribution in [2.75, 3.05) is 0 Å². The molecular weight excluding hydrogens is 97.0 g/mol. The highest BCUT2D eigenvalue weighted by Crippen LogP contribution is 1.98. The van der Waals surface area contributed by atoms with Crippen LogP contribution in [0.15, 0.2) is 24.4 Å². The van der Waals surface area contributed by atoms with Crippen LogP contribution < -0.4 is 5.48 Å². The van der Waals surface area contributed by atoms with Gasteiger partial charge in [0.15, 0.2) is 0 Å². The molecule has 1 N–H and O–H groups in total. The number of allylic oxidation sites excluding steroid dienone is 2. The number of halogens is 1. The van der Waals surface area contributed by atoms with Crippen LogP contribution >= 0.6 is 0 Å². The highest BCUT2D eigenvalue weighted by atomic mass is 19.1. The molecule has 1 aliphatic heterocycles. The quantitative estimate of drug-likeness (QED) is 0.488. The Morgan fingerprint density at radius 2 is 2.57 bits per heavy atom. The van der Waals surface area contributed by atoms with E-state index in [0.29, 0.717) is 0 Å². The molecule has 0 aromatic carbocycles. The highest BCUT2D eigenvalue weighted by molar-refractivity contribution is 5.04. The first-order valence-electron chi connectivity index (χ1n) is 1.84. The molecule has 0 amide bonds. The fraction of sp³-hybridized carbons (Fsp3) is 0. The van der Waals surface area contributed by atoms with Gasteiger partial charge in [-0.1, -0.05) is 0 Å². The lowest BCUT2D eigenvalue weighted by molar-refractivity contribution is 0.0831. The molecule has 7 heavy (non-hydrogen) atoms. The molecule has 2 nitrogen and oxygen atoms in total. The van der Waals surface area contributed by atoms with Crippen molar-refractivity contribution in [3.63, 3.8) is 0 Å². The van der Waals surface area contributed by atoms with E-state index in [1.807, 2.05) is 0 Å². The molecule has 0 fully saturated rings. The molecule has 38 valence electrons. The first-order chi connectivity index (χ1) is 3.39. The van der Waals surface area contributed by atoms with Gasteiger partial charge in [-0.25, -0.2) is 5.48 Å². The van der Waals surface area contributed by atoms with Crippen LogP contribution in [-0.2, 0) is 4.84 Å². The summed E-state index contributed by atoms with van der Waals surface area (Å²) in [4.78, 5) is 4.14. The lowest BCUT2D eigenvalue weighted by Gasteiger charge is -2.01. The summed E-state index contributed by atoms with van der Waals surface area (Å²) in [6, 6.07) is -0.609. The van der Waals surface area contributed by atoms with Crippen LogP contribution in [0.1, 0.15) is 0 Å². The molecule has 0 unspecified atom stereocenters. The van der Waals surface area contributed by atoms with Crippen LogP contribution in [0, 0.1) is 0 Å². The Morgan fingerprint density at radius 3 is 2.86 bits per heavy atom. The number of rotatable bonds is 0. The smallest absolute Gasteiger partial charge is 0.301 e. The number of hydroxylamine groups is 1. The van der Waals surface area contributed by atoms with Gasteiger partial charge in [0.1, 0.15) is 0 Å². The van der Waals surface area contributed by atoms with Crippen molar-refractivity contribution in [2.45, 2.75) is 0 Å². The van der Waals surface area contributed by atoms with E-state index in [0.717, 1.165) is 0 Å². The number of nitrogens with one attached hydrogen (secondary N) is 1. The number of hydrogen-bond donors (Lipinski definition) is 1. The molecule has 1 aliphatic rings. The van der Waals surface area contributed by atoms with Crippen LogP contribution in [0.2, 0.25) is 0 Å². The maximum Gasteiger partial charge on any atom is 0.301 e. The zero-order valence-electron chi connectivity index (χ0n) is 3.52. The molecule has 1 heterocycles. The van der Waals surface area contributed by atoms with Gasteiger partial charge >= 0.3 is 6.01 Å². The second-order valence-corrected chi connectivity index (χ2v) is 1.05. The molecule has 0 saturated carbocycles. The molecule has 0 aromatic rings. The first-order valence-corrected chi connectivity index (χ1v) is 1.84. The highest BCUT2D eigenvalue weighted by Gasteiger charge is 1.92. The zero-order valence-corrected chi connectivity index (χ0v) is 3.52. The third-order valence-corrected chi connectivity index (χ3v) is 0.548. The first kappa shape index (κ1) is 4.18. The minimum atomic E-state index is -0.609. The van der Waals surface area contributed by atoms with Crippen LogP contribution in [0.4, 0.5) is 4.39 Å². The van der Waals surface area contributed by atoms with E-state index < -0.39 is 6.01 Å². The fourth-order valence-corrected chi connectivity index (χ4v) is 0.287. The van der Waals surface area contributed by atoms with E-state index in [4.69, 9.17) is 0 Å². The van der Waals surface area contributed by atoms with Crippen molar-refractivity contribution in [1.82, 2.24) is 5.48 Å². The summed E-state index contributed by atoms with van der Waals surface area (Å²) in [6.07, 6.45) is 4.22. The monoisotopic (exact) mass is 101 g/mol. The van der Waals surface area contributed by atoms with Gasteiger partial charge in [-0.05, 0) is 6.08 Å². The Morgan fingerprint density at radius 1 is 1.71 bits per heavy atom. The van der Waals surface area contributed by atoms with E-state index in [-0.39, 0.29) is 0 Å². The maximum absolute atomic E-state index is 11.7. The molecule has 0 bridgehead atoms.